The molecule has 6 nitrogen and oxygen atoms in total. The highest BCUT2D eigenvalue weighted by molar-refractivity contribution is 8.30. The van der Waals surface area contributed by atoms with E-state index in [9.17, 15) is 18.4 Å². The van der Waals surface area contributed by atoms with Gasteiger partial charge in [-0.25, -0.2) is 4.21 Å². The number of halogens is 1. The highest BCUT2D eigenvalue weighted by atomic mass is 35.5. The molecule has 9 heteroatoms. The van der Waals surface area contributed by atoms with Crippen LogP contribution in [0.5, 0.6) is 0 Å². The van der Waals surface area contributed by atoms with Gasteiger partial charge in [0.1, 0.15) is 14.8 Å². The summed E-state index contributed by atoms with van der Waals surface area (Å²) in [5, 5.41) is -0.435. The zero-order valence-corrected chi connectivity index (χ0v) is 20.0. The van der Waals surface area contributed by atoms with E-state index >= 15 is 0 Å². The van der Waals surface area contributed by atoms with Gasteiger partial charge in [0.2, 0.25) is 11.8 Å². The largest absolute Gasteiger partial charge is 0.341 e. The predicted molar refractivity (Wildman–Crippen MR) is 120 cm³/mol. The quantitative estimate of drug-likeness (QED) is 0.631. The lowest BCUT2D eigenvalue weighted by molar-refractivity contribution is -0.145. The number of nitrogens with zero attached hydrogens (tertiary/aromatic N) is 2. The highest BCUT2D eigenvalue weighted by Crippen LogP contribution is 2.53. The van der Waals surface area contributed by atoms with Gasteiger partial charge in [0.25, 0.3) is 0 Å². The van der Waals surface area contributed by atoms with Crippen LogP contribution in [-0.2, 0) is 29.6 Å². The molecule has 2 saturated carbocycles. The van der Waals surface area contributed by atoms with Gasteiger partial charge in [-0.3, -0.25) is 9.59 Å². The monoisotopic (exact) mass is 476 g/mol. The van der Waals surface area contributed by atoms with E-state index in [4.69, 9.17) is 22.8 Å². The Bertz CT molecular complexity index is 786. The molecule has 0 aromatic heterocycles. The lowest BCUT2D eigenvalue weighted by atomic mass is 9.73. The third kappa shape index (κ3) is 4.26. The van der Waals surface area contributed by atoms with Crippen molar-refractivity contribution in [3.63, 3.8) is 0 Å². The average molecular weight is 477 g/mol. The maximum Gasteiger partial charge on any atom is 0.245 e. The van der Waals surface area contributed by atoms with Crippen molar-refractivity contribution in [1.29, 1.82) is 0 Å². The number of alkyl halides is 1. The Morgan fingerprint density at radius 1 is 1.17 bits per heavy atom. The maximum absolute atomic E-state index is 13.5. The predicted octanol–water partition coefficient (Wildman–Crippen LogP) is 2.87. The molecule has 0 spiro atoms. The standard InChI is InChI=1S/C21H33ClN2O4S2/c1-13(20(25)23-8-3-2-4-9-23)24-10-7-17(21(24)26)19-16-6-5-15(22)11-14(16)12-18(19)30(27,28)29/h13-19H,2-12H2,1H3,(H,27,28,29)/t13-,14?,15?,16?,17?,18?,19?/m0/s1. The van der Waals surface area contributed by atoms with Crippen LogP contribution in [0.4, 0.5) is 0 Å². The van der Waals surface area contributed by atoms with Crippen molar-refractivity contribution in [2.24, 2.45) is 23.7 Å². The van der Waals surface area contributed by atoms with Crippen LogP contribution >= 0.6 is 11.6 Å². The van der Waals surface area contributed by atoms with E-state index in [-0.39, 0.29) is 40.9 Å². The molecule has 0 bridgehead atoms. The van der Waals surface area contributed by atoms with Crippen molar-refractivity contribution in [2.45, 2.75) is 75.0 Å². The van der Waals surface area contributed by atoms with E-state index in [1.165, 1.54) is 0 Å². The fraction of sp³-hybridized carbons (Fsp3) is 0.905. The normalized spacial score (nSPS) is 40.2. The Morgan fingerprint density at radius 2 is 1.87 bits per heavy atom. The van der Waals surface area contributed by atoms with Gasteiger partial charge in [-0.05, 0) is 76.0 Å². The number of amides is 2. The molecule has 4 fully saturated rings. The second-order valence-corrected chi connectivity index (χ2v) is 13.4. The van der Waals surface area contributed by atoms with Gasteiger partial charge in [0.05, 0.1) is 5.25 Å². The van der Waals surface area contributed by atoms with Crippen LogP contribution in [-0.4, -0.2) is 66.7 Å². The van der Waals surface area contributed by atoms with Crippen LogP contribution < -0.4 is 0 Å². The van der Waals surface area contributed by atoms with Crippen molar-refractivity contribution in [3.8, 4) is 0 Å². The van der Waals surface area contributed by atoms with Crippen LogP contribution in [0, 0.1) is 23.7 Å². The molecular formula is C21H33ClN2O4S2. The summed E-state index contributed by atoms with van der Waals surface area (Å²) in [5.74, 6) is -0.00528. The lowest BCUT2D eigenvalue weighted by Crippen LogP contribution is -2.50. The summed E-state index contributed by atoms with van der Waals surface area (Å²) in [6.07, 6.45) is 7.01. The Hall–Kier alpha value is -0.440. The van der Waals surface area contributed by atoms with E-state index in [1.807, 2.05) is 11.8 Å². The Morgan fingerprint density at radius 3 is 2.53 bits per heavy atom. The summed E-state index contributed by atoms with van der Waals surface area (Å²) in [6.45, 7) is 3.90. The summed E-state index contributed by atoms with van der Waals surface area (Å²) in [5.41, 5.74) is 0. The van der Waals surface area contributed by atoms with Gasteiger partial charge < -0.3 is 14.4 Å². The minimum atomic E-state index is -3.42. The van der Waals surface area contributed by atoms with Gasteiger partial charge in [0, 0.05) is 42.1 Å². The highest BCUT2D eigenvalue weighted by Gasteiger charge is 2.55. The lowest BCUT2D eigenvalue weighted by Gasteiger charge is -2.35. The SMILES string of the molecule is C[C@@H](C(=O)N1CCCCC1)N1CCC(C2C3CCC(Cl)CC3CC2S(=O)(O)=S)C1=O. The van der Waals surface area contributed by atoms with Gasteiger partial charge in [-0.2, -0.15) is 0 Å². The molecule has 8 atom stereocenters. The molecule has 1 N–H and O–H groups in total. The number of likely N-dealkylation sites (tertiary alicyclic amines) is 2. The van der Waals surface area contributed by atoms with Crippen molar-refractivity contribution < 1.29 is 18.4 Å². The first-order valence-electron chi connectivity index (χ1n) is 11.4. The summed E-state index contributed by atoms with van der Waals surface area (Å²) in [7, 11) is -3.42. The first-order chi connectivity index (χ1) is 14.2. The fourth-order valence-electron chi connectivity index (χ4n) is 6.60. The van der Waals surface area contributed by atoms with E-state index in [0.717, 1.165) is 51.6 Å². The zero-order chi connectivity index (χ0) is 21.6. The molecule has 0 aromatic carbocycles. The average Bonchev–Trinajstić information content (AvgIpc) is 3.27. The van der Waals surface area contributed by atoms with Crippen LogP contribution in [0.15, 0.2) is 0 Å². The zero-order valence-electron chi connectivity index (χ0n) is 17.6. The molecule has 4 aliphatic rings. The molecule has 2 aliphatic carbocycles. The van der Waals surface area contributed by atoms with Gasteiger partial charge in [-0.15, -0.1) is 11.6 Å². The maximum atomic E-state index is 13.5. The van der Waals surface area contributed by atoms with Crippen molar-refractivity contribution in [1.82, 2.24) is 9.80 Å². The van der Waals surface area contributed by atoms with Crippen molar-refractivity contribution in [2.75, 3.05) is 19.6 Å². The second kappa shape index (κ2) is 8.83. The van der Waals surface area contributed by atoms with Crippen molar-refractivity contribution in [3.05, 3.63) is 0 Å². The van der Waals surface area contributed by atoms with E-state index in [0.29, 0.717) is 19.4 Å². The molecule has 2 saturated heterocycles. The molecular weight excluding hydrogens is 444 g/mol. The van der Waals surface area contributed by atoms with E-state index in [2.05, 4.69) is 0 Å². The number of carbonyl (C=O) groups is 2. The minimum Gasteiger partial charge on any atom is -0.341 e. The number of piperidine rings is 1. The van der Waals surface area contributed by atoms with Crippen LogP contribution in [0.3, 0.4) is 0 Å². The molecule has 2 amide bonds. The van der Waals surface area contributed by atoms with Crippen LogP contribution in [0.1, 0.15) is 58.3 Å². The molecule has 30 heavy (non-hydrogen) atoms. The number of hydrogen-bond donors (Lipinski definition) is 1. The number of hydrogen-bond acceptors (Lipinski definition) is 4. The van der Waals surface area contributed by atoms with Gasteiger partial charge in [-0.1, -0.05) is 0 Å². The molecule has 4 rings (SSSR count). The first-order valence-corrected chi connectivity index (χ1v) is 14.3. The van der Waals surface area contributed by atoms with Crippen LogP contribution in [0.25, 0.3) is 0 Å². The summed E-state index contributed by atoms with van der Waals surface area (Å²) in [4.78, 5) is 30.0. The van der Waals surface area contributed by atoms with Crippen molar-refractivity contribution >= 4 is 43.4 Å². The molecule has 2 heterocycles. The third-order valence-electron chi connectivity index (χ3n) is 8.06. The number of fused-ring (bicyclic) bond motifs is 1. The first kappa shape index (κ1) is 22.7. The summed E-state index contributed by atoms with van der Waals surface area (Å²) >= 11 is 11.4. The number of rotatable bonds is 4. The van der Waals surface area contributed by atoms with Gasteiger partial charge in [0.15, 0.2) is 0 Å². The topological polar surface area (TPSA) is 77.9 Å². The Kier molecular flexibility index (Phi) is 6.70. The van der Waals surface area contributed by atoms with Crippen LogP contribution in [0.2, 0.25) is 0 Å². The molecule has 0 aromatic rings. The Labute approximate surface area is 189 Å². The summed E-state index contributed by atoms with van der Waals surface area (Å²) < 4.78 is 22.9. The molecule has 7 unspecified atom stereocenters. The second-order valence-electron chi connectivity index (χ2n) is 9.69. The smallest absolute Gasteiger partial charge is 0.245 e. The van der Waals surface area contributed by atoms with E-state index < -0.39 is 20.1 Å². The minimum absolute atomic E-state index is 0.0291. The third-order valence-corrected chi connectivity index (χ3v) is 10.5. The molecule has 0 radical (unpaired) electrons. The summed E-state index contributed by atoms with van der Waals surface area (Å²) in [6, 6.07) is -0.475. The molecule has 170 valence electrons. The Balaban J connectivity index is 1.52. The van der Waals surface area contributed by atoms with E-state index in [1.54, 1.807) is 4.90 Å². The fourth-order valence-corrected chi connectivity index (χ4v) is 8.85. The molecule has 2 aliphatic heterocycles. The number of carbonyl (C=O) groups excluding carboxylic acids is 2. The van der Waals surface area contributed by atoms with Gasteiger partial charge >= 0.3 is 0 Å².